The molecule has 1 N–H and O–H groups in total. The topological polar surface area (TPSA) is 118 Å². The first-order valence-electron chi connectivity index (χ1n) is 7.38. The number of hydrogen-bond acceptors (Lipinski definition) is 5. The zero-order chi connectivity index (χ0) is 19.5. The van der Waals surface area contributed by atoms with Gasteiger partial charge in [0.05, 0.1) is 21.9 Å². The number of aliphatic carboxylic acids is 1. The van der Waals surface area contributed by atoms with Crippen molar-refractivity contribution in [3.63, 3.8) is 0 Å². The van der Waals surface area contributed by atoms with Gasteiger partial charge in [0.2, 0.25) is 0 Å². The molecule has 0 aliphatic rings. The lowest BCUT2D eigenvalue weighted by Gasteiger charge is -2.25. The number of anilines is 1. The van der Waals surface area contributed by atoms with E-state index < -0.39 is 27.3 Å². The van der Waals surface area contributed by atoms with E-state index in [0.29, 0.717) is 10.0 Å². The summed E-state index contributed by atoms with van der Waals surface area (Å²) in [6.45, 7) is 1.24. The van der Waals surface area contributed by atoms with Gasteiger partial charge in [-0.05, 0) is 42.8 Å². The van der Waals surface area contributed by atoms with Crippen molar-refractivity contribution in [3.05, 3.63) is 62.6 Å². The number of non-ortho nitro benzene ring substituents is 1. The Labute approximate surface area is 158 Å². The Bertz CT molecular complexity index is 944. The number of aryl methyl sites for hydroxylation is 1. The van der Waals surface area contributed by atoms with Gasteiger partial charge in [-0.25, -0.2) is 8.42 Å². The highest BCUT2D eigenvalue weighted by Crippen LogP contribution is 2.30. The second-order valence-corrected chi connectivity index (χ2v) is 8.18. The van der Waals surface area contributed by atoms with Gasteiger partial charge in [-0.2, -0.15) is 0 Å². The predicted molar refractivity (Wildman–Crippen MR) is 98.8 cm³/mol. The average Bonchev–Trinajstić information content (AvgIpc) is 2.56. The van der Waals surface area contributed by atoms with Gasteiger partial charge in [0.15, 0.2) is 0 Å². The molecule has 0 aliphatic heterocycles. The van der Waals surface area contributed by atoms with Crippen LogP contribution >= 0.6 is 15.9 Å². The number of nitrogens with zero attached hydrogens (tertiary/aromatic N) is 2. The number of nitro benzene ring substituents is 1. The Balaban J connectivity index is 2.54. The smallest absolute Gasteiger partial charge is 0.305 e. The van der Waals surface area contributed by atoms with Crippen LogP contribution in [0.25, 0.3) is 0 Å². The normalized spacial score (nSPS) is 11.2. The molecule has 138 valence electrons. The van der Waals surface area contributed by atoms with Gasteiger partial charge >= 0.3 is 5.97 Å². The first-order valence-corrected chi connectivity index (χ1v) is 9.61. The van der Waals surface area contributed by atoms with Gasteiger partial charge in [-0.3, -0.25) is 19.2 Å². The lowest BCUT2D eigenvalue weighted by molar-refractivity contribution is -0.384. The molecule has 2 aromatic rings. The first kappa shape index (κ1) is 19.9. The van der Waals surface area contributed by atoms with E-state index in [1.807, 2.05) is 0 Å². The number of benzene rings is 2. The summed E-state index contributed by atoms with van der Waals surface area (Å²) in [4.78, 5) is 21.3. The number of carboxylic acids is 1. The number of carbonyl (C=O) groups is 1. The van der Waals surface area contributed by atoms with Crippen LogP contribution in [0.5, 0.6) is 0 Å². The number of halogens is 1. The maximum Gasteiger partial charge on any atom is 0.305 e. The molecule has 8 nitrogen and oxygen atoms in total. The van der Waals surface area contributed by atoms with Crippen LogP contribution in [0.1, 0.15) is 12.0 Å². The zero-order valence-electron chi connectivity index (χ0n) is 13.6. The SMILES string of the molecule is Cc1cc([N+](=O)[O-])ccc1N(CCC(=O)O)S(=O)(=O)c1ccc(Br)cc1. The molecule has 0 spiro atoms. The third-order valence-electron chi connectivity index (χ3n) is 3.59. The van der Waals surface area contributed by atoms with Crippen molar-refractivity contribution in [3.8, 4) is 0 Å². The summed E-state index contributed by atoms with van der Waals surface area (Å²) < 4.78 is 27.7. The minimum atomic E-state index is -4.04. The molecule has 2 aromatic carbocycles. The quantitative estimate of drug-likeness (QED) is 0.518. The van der Waals surface area contributed by atoms with Crippen molar-refractivity contribution in [2.45, 2.75) is 18.2 Å². The fourth-order valence-electron chi connectivity index (χ4n) is 2.33. The van der Waals surface area contributed by atoms with Crippen molar-refractivity contribution in [2.75, 3.05) is 10.8 Å². The fourth-order valence-corrected chi connectivity index (χ4v) is 4.13. The molecule has 0 heterocycles. The van der Waals surface area contributed by atoms with Crippen LogP contribution in [-0.2, 0) is 14.8 Å². The standard InChI is InChI=1S/C16H15BrN2O6S/c1-11-10-13(19(22)23)4-7-15(11)18(9-8-16(20)21)26(24,25)14-5-2-12(17)3-6-14/h2-7,10H,8-9H2,1H3,(H,20,21). The molecule has 0 saturated heterocycles. The second-order valence-electron chi connectivity index (χ2n) is 5.40. The van der Waals surface area contributed by atoms with E-state index in [4.69, 9.17) is 5.11 Å². The van der Waals surface area contributed by atoms with Crippen molar-refractivity contribution < 1.29 is 23.2 Å². The molecule has 0 amide bonds. The molecule has 0 aliphatic carbocycles. The van der Waals surface area contributed by atoms with Crippen molar-refractivity contribution >= 4 is 43.3 Å². The Morgan fingerprint density at radius 2 is 1.85 bits per heavy atom. The highest BCUT2D eigenvalue weighted by atomic mass is 79.9. The lowest BCUT2D eigenvalue weighted by atomic mass is 10.2. The van der Waals surface area contributed by atoms with E-state index in [9.17, 15) is 23.3 Å². The molecule has 0 unspecified atom stereocenters. The van der Waals surface area contributed by atoms with Crippen molar-refractivity contribution in [1.82, 2.24) is 0 Å². The fraction of sp³-hybridized carbons (Fsp3) is 0.188. The van der Waals surface area contributed by atoms with E-state index >= 15 is 0 Å². The van der Waals surface area contributed by atoms with Gasteiger partial charge in [-0.15, -0.1) is 0 Å². The average molecular weight is 443 g/mol. The molecule has 26 heavy (non-hydrogen) atoms. The van der Waals surface area contributed by atoms with Crippen LogP contribution in [0.2, 0.25) is 0 Å². The monoisotopic (exact) mass is 442 g/mol. The van der Waals surface area contributed by atoms with Crippen LogP contribution in [-0.4, -0.2) is 31.0 Å². The van der Waals surface area contributed by atoms with E-state index in [0.717, 1.165) is 4.31 Å². The van der Waals surface area contributed by atoms with E-state index in [1.165, 1.54) is 37.3 Å². The highest BCUT2D eigenvalue weighted by Gasteiger charge is 2.27. The third kappa shape index (κ3) is 4.38. The minimum Gasteiger partial charge on any atom is -0.481 e. The van der Waals surface area contributed by atoms with Crippen LogP contribution in [0.15, 0.2) is 51.8 Å². The molecule has 10 heteroatoms. The van der Waals surface area contributed by atoms with Gasteiger partial charge in [-0.1, -0.05) is 15.9 Å². The summed E-state index contributed by atoms with van der Waals surface area (Å²) in [5.74, 6) is -1.15. The maximum atomic E-state index is 13.0. The first-order chi connectivity index (χ1) is 12.1. The molecule has 0 radical (unpaired) electrons. The zero-order valence-corrected chi connectivity index (χ0v) is 16.0. The van der Waals surface area contributed by atoms with Crippen molar-refractivity contribution in [2.24, 2.45) is 0 Å². The Morgan fingerprint density at radius 1 is 1.23 bits per heavy atom. The molecule has 0 aromatic heterocycles. The molecule has 0 fully saturated rings. The predicted octanol–water partition coefficient (Wildman–Crippen LogP) is 3.34. The lowest BCUT2D eigenvalue weighted by Crippen LogP contribution is -2.33. The molecule has 0 saturated carbocycles. The number of nitro groups is 1. The van der Waals surface area contributed by atoms with E-state index in [-0.39, 0.29) is 22.8 Å². The van der Waals surface area contributed by atoms with Crippen molar-refractivity contribution in [1.29, 1.82) is 0 Å². The highest BCUT2D eigenvalue weighted by molar-refractivity contribution is 9.10. The summed E-state index contributed by atoms with van der Waals surface area (Å²) in [5, 5.41) is 19.8. The third-order valence-corrected chi connectivity index (χ3v) is 5.95. The summed E-state index contributed by atoms with van der Waals surface area (Å²) in [6.07, 6.45) is -0.411. The number of sulfonamides is 1. The number of carboxylic acid groups (broad SMARTS) is 1. The molecular formula is C16H15BrN2O6S. The second kappa shape index (κ2) is 7.83. The Morgan fingerprint density at radius 3 is 2.35 bits per heavy atom. The maximum absolute atomic E-state index is 13.0. The Hall–Kier alpha value is -2.46. The van der Waals surface area contributed by atoms with Gasteiger partial charge < -0.3 is 5.11 Å². The van der Waals surface area contributed by atoms with E-state index in [2.05, 4.69) is 15.9 Å². The molecule has 0 bridgehead atoms. The summed E-state index contributed by atoms with van der Waals surface area (Å²) in [6, 6.07) is 9.66. The minimum absolute atomic E-state index is 0.0103. The largest absolute Gasteiger partial charge is 0.481 e. The van der Waals surface area contributed by atoms with Gasteiger partial charge in [0.25, 0.3) is 15.7 Å². The molecule has 0 atom stereocenters. The number of rotatable bonds is 7. The van der Waals surface area contributed by atoms with Crippen LogP contribution in [0, 0.1) is 17.0 Å². The molecule has 2 rings (SSSR count). The van der Waals surface area contributed by atoms with E-state index in [1.54, 1.807) is 12.1 Å². The molecular weight excluding hydrogens is 428 g/mol. The van der Waals surface area contributed by atoms with Crippen LogP contribution in [0.4, 0.5) is 11.4 Å². The summed E-state index contributed by atoms with van der Waals surface area (Å²) >= 11 is 3.23. The number of hydrogen-bond donors (Lipinski definition) is 1. The summed E-state index contributed by atoms with van der Waals surface area (Å²) in [5.41, 5.74) is 0.371. The Kier molecular flexibility index (Phi) is 5.98. The van der Waals surface area contributed by atoms with Gasteiger partial charge in [0.1, 0.15) is 0 Å². The van der Waals surface area contributed by atoms with Gasteiger partial charge in [0, 0.05) is 23.2 Å². The van der Waals surface area contributed by atoms with Crippen LogP contribution < -0.4 is 4.31 Å². The summed E-state index contributed by atoms with van der Waals surface area (Å²) in [7, 11) is -4.04. The van der Waals surface area contributed by atoms with Crippen LogP contribution in [0.3, 0.4) is 0 Å².